The second kappa shape index (κ2) is 7.04. The van der Waals surface area contributed by atoms with Gasteiger partial charge in [-0.25, -0.2) is 9.18 Å². The Bertz CT molecular complexity index is 707. The van der Waals surface area contributed by atoms with Crippen molar-refractivity contribution in [1.82, 2.24) is 4.90 Å². The molecular formula is C18H19FN2OS. The Kier molecular flexibility index (Phi) is 4.86. The van der Waals surface area contributed by atoms with Crippen molar-refractivity contribution in [3.63, 3.8) is 0 Å². The molecule has 1 N–H and O–H groups in total. The Morgan fingerprint density at radius 1 is 1.26 bits per heavy atom. The summed E-state index contributed by atoms with van der Waals surface area (Å²) in [5, 5.41) is 2.70. The molecule has 23 heavy (non-hydrogen) atoms. The minimum absolute atomic E-state index is 0.177. The topological polar surface area (TPSA) is 32.3 Å². The van der Waals surface area contributed by atoms with Gasteiger partial charge >= 0.3 is 6.03 Å². The van der Waals surface area contributed by atoms with Crippen LogP contribution in [0, 0.1) is 5.82 Å². The van der Waals surface area contributed by atoms with Crippen LogP contribution in [-0.4, -0.2) is 23.2 Å². The molecule has 2 amide bonds. The maximum absolute atomic E-state index is 14.1. The van der Waals surface area contributed by atoms with E-state index in [-0.39, 0.29) is 17.2 Å². The van der Waals surface area contributed by atoms with Crippen molar-refractivity contribution >= 4 is 23.5 Å². The van der Waals surface area contributed by atoms with Crippen molar-refractivity contribution < 1.29 is 9.18 Å². The number of urea groups is 1. The molecule has 0 aliphatic carbocycles. The number of benzene rings is 2. The van der Waals surface area contributed by atoms with E-state index in [2.05, 4.69) is 12.2 Å². The first-order chi connectivity index (χ1) is 11.2. The summed E-state index contributed by atoms with van der Waals surface area (Å²) < 4.78 is 14.1. The van der Waals surface area contributed by atoms with Gasteiger partial charge in [0.05, 0.1) is 0 Å². The molecule has 1 unspecified atom stereocenters. The summed E-state index contributed by atoms with van der Waals surface area (Å²) in [6.07, 6.45) is 0.849. The zero-order valence-electron chi connectivity index (χ0n) is 13.0. The lowest BCUT2D eigenvalue weighted by Gasteiger charge is -2.25. The number of nitrogens with one attached hydrogen (secondary N) is 1. The van der Waals surface area contributed by atoms with Crippen LogP contribution in [0.25, 0.3) is 0 Å². The number of anilines is 1. The largest absolute Gasteiger partial charge is 0.323 e. The van der Waals surface area contributed by atoms with Gasteiger partial charge in [0.1, 0.15) is 11.2 Å². The van der Waals surface area contributed by atoms with Crippen LogP contribution in [0.15, 0.2) is 48.5 Å². The molecule has 1 aliphatic rings. The second-order valence-electron chi connectivity index (χ2n) is 5.38. The van der Waals surface area contributed by atoms with Crippen LogP contribution in [0.3, 0.4) is 0 Å². The van der Waals surface area contributed by atoms with Gasteiger partial charge in [-0.2, -0.15) is 0 Å². The van der Waals surface area contributed by atoms with Gasteiger partial charge < -0.3 is 10.2 Å². The summed E-state index contributed by atoms with van der Waals surface area (Å²) in [7, 11) is 0. The number of carbonyl (C=O) groups is 1. The van der Waals surface area contributed by atoms with Gasteiger partial charge in [0.2, 0.25) is 0 Å². The Labute approximate surface area is 139 Å². The number of halogens is 1. The van der Waals surface area contributed by atoms with Gasteiger partial charge in [-0.15, -0.1) is 11.8 Å². The molecule has 0 aromatic heterocycles. The SMILES string of the molecule is CCc1ccccc1NC(=O)N1CCSC1c1ccccc1F. The highest BCUT2D eigenvalue weighted by Crippen LogP contribution is 2.39. The number of hydrogen-bond donors (Lipinski definition) is 1. The highest BCUT2D eigenvalue weighted by atomic mass is 32.2. The predicted molar refractivity (Wildman–Crippen MR) is 93.1 cm³/mol. The van der Waals surface area contributed by atoms with Crippen LogP contribution >= 0.6 is 11.8 Å². The van der Waals surface area contributed by atoms with Crippen LogP contribution in [0.5, 0.6) is 0 Å². The second-order valence-corrected chi connectivity index (χ2v) is 6.57. The van der Waals surface area contributed by atoms with E-state index in [1.54, 1.807) is 34.9 Å². The fourth-order valence-electron chi connectivity index (χ4n) is 2.75. The normalized spacial score (nSPS) is 17.3. The zero-order valence-corrected chi connectivity index (χ0v) is 13.8. The Morgan fingerprint density at radius 3 is 2.78 bits per heavy atom. The Morgan fingerprint density at radius 2 is 2.00 bits per heavy atom. The third-order valence-corrected chi connectivity index (χ3v) is 5.21. The average molecular weight is 330 g/mol. The molecule has 3 rings (SSSR count). The predicted octanol–water partition coefficient (Wildman–Crippen LogP) is 4.67. The van der Waals surface area contributed by atoms with Crippen LogP contribution in [0.1, 0.15) is 23.4 Å². The standard InChI is InChI=1S/C18H19FN2OS/c1-2-13-7-3-6-10-16(13)20-18(22)21-11-12-23-17(21)14-8-4-5-9-15(14)19/h3-10,17H,2,11-12H2,1H3,(H,20,22). The summed E-state index contributed by atoms with van der Waals surface area (Å²) in [5.41, 5.74) is 2.48. The van der Waals surface area contributed by atoms with E-state index in [1.807, 2.05) is 24.3 Å². The van der Waals surface area contributed by atoms with Gasteiger partial charge in [-0.1, -0.05) is 43.3 Å². The van der Waals surface area contributed by atoms with Crippen LogP contribution in [0.2, 0.25) is 0 Å². The molecule has 1 aliphatic heterocycles. The quantitative estimate of drug-likeness (QED) is 0.887. The van der Waals surface area contributed by atoms with Crippen LogP contribution < -0.4 is 5.32 Å². The van der Waals surface area contributed by atoms with Gasteiger partial charge in [-0.3, -0.25) is 0 Å². The summed E-state index contributed by atoms with van der Waals surface area (Å²) in [4.78, 5) is 14.4. The maximum Gasteiger partial charge on any atom is 0.323 e. The van der Waals surface area contributed by atoms with E-state index in [0.717, 1.165) is 23.4 Å². The van der Waals surface area contributed by atoms with Gasteiger partial charge in [0.25, 0.3) is 0 Å². The van der Waals surface area contributed by atoms with E-state index >= 15 is 0 Å². The average Bonchev–Trinajstić information content (AvgIpc) is 3.05. The summed E-state index contributed by atoms with van der Waals surface area (Å²) in [6, 6.07) is 14.3. The van der Waals surface area contributed by atoms with Crippen molar-refractivity contribution in [1.29, 1.82) is 0 Å². The minimum atomic E-state index is -0.273. The van der Waals surface area contributed by atoms with E-state index in [4.69, 9.17) is 0 Å². The molecular weight excluding hydrogens is 311 g/mol. The fourth-order valence-corrected chi connectivity index (χ4v) is 4.03. The molecule has 0 spiro atoms. The molecule has 3 nitrogen and oxygen atoms in total. The number of amides is 2. The lowest BCUT2D eigenvalue weighted by molar-refractivity contribution is 0.213. The van der Waals surface area contributed by atoms with E-state index in [0.29, 0.717) is 12.1 Å². The van der Waals surface area contributed by atoms with Crippen molar-refractivity contribution in [2.45, 2.75) is 18.7 Å². The fraction of sp³-hybridized carbons (Fsp3) is 0.278. The number of rotatable bonds is 3. The minimum Gasteiger partial charge on any atom is -0.308 e. The lowest BCUT2D eigenvalue weighted by Crippen LogP contribution is -2.34. The van der Waals surface area contributed by atoms with E-state index < -0.39 is 0 Å². The monoisotopic (exact) mass is 330 g/mol. The molecule has 0 radical (unpaired) electrons. The van der Waals surface area contributed by atoms with Gasteiger partial charge in [0.15, 0.2) is 0 Å². The number of carbonyl (C=O) groups excluding carboxylic acids is 1. The zero-order chi connectivity index (χ0) is 16.2. The number of thioether (sulfide) groups is 1. The molecule has 1 fully saturated rings. The van der Waals surface area contributed by atoms with Crippen LogP contribution in [-0.2, 0) is 6.42 Å². The summed E-state index contributed by atoms with van der Waals surface area (Å²) in [6.45, 7) is 2.67. The van der Waals surface area contributed by atoms with E-state index in [1.165, 1.54) is 6.07 Å². The third kappa shape index (κ3) is 3.34. The molecule has 1 heterocycles. The van der Waals surface area contributed by atoms with Crippen molar-refractivity contribution in [2.75, 3.05) is 17.6 Å². The van der Waals surface area contributed by atoms with Crippen LogP contribution in [0.4, 0.5) is 14.9 Å². The summed E-state index contributed by atoms with van der Waals surface area (Å²) >= 11 is 1.59. The third-order valence-electron chi connectivity index (χ3n) is 3.96. The van der Waals surface area contributed by atoms with Gasteiger partial charge in [-0.05, 0) is 24.1 Å². The first-order valence-corrected chi connectivity index (χ1v) is 8.77. The number of hydrogen-bond acceptors (Lipinski definition) is 2. The van der Waals surface area contributed by atoms with E-state index in [9.17, 15) is 9.18 Å². The Balaban J connectivity index is 1.80. The first-order valence-electron chi connectivity index (χ1n) is 7.72. The molecule has 2 aromatic rings. The molecule has 120 valence electrons. The Hall–Kier alpha value is -2.01. The lowest BCUT2D eigenvalue weighted by atomic mass is 10.1. The highest BCUT2D eigenvalue weighted by molar-refractivity contribution is 7.99. The van der Waals surface area contributed by atoms with Crippen molar-refractivity contribution in [3.8, 4) is 0 Å². The molecule has 0 bridgehead atoms. The van der Waals surface area contributed by atoms with Crippen molar-refractivity contribution in [2.24, 2.45) is 0 Å². The highest BCUT2D eigenvalue weighted by Gasteiger charge is 2.32. The molecule has 2 aromatic carbocycles. The number of para-hydroxylation sites is 1. The smallest absolute Gasteiger partial charge is 0.308 e. The van der Waals surface area contributed by atoms with Crippen molar-refractivity contribution in [3.05, 3.63) is 65.5 Å². The molecule has 1 saturated heterocycles. The maximum atomic E-state index is 14.1. The molecule has 0 saturated carbocycles. The van der Waals surface area contributed by atoms with Gasteiger partial charge in [0, 0.05) is 23.5 Å². The summed E-state index contributed by atoms with van der Waals surface area (Å²) in [5.74, 6) is 0.542. The number of nitrogens with zero attached hydrogens (tertiary/aromatic N) is 1. The molecule has 1 atom stereocenters. The first kappa shape index (κ1) is 15.9. The molecule has 5 heteroatoms. The number of aryl methyl sites for hydroxylation is 1.